The Hall–Kier alpha value is -1.64. The van der Waals surface area contributed by atoms with Gasteiger partial charge in [-0.25, -0.2) is 17.9 Å². The molecular formula is C13H19NO6S. The van der Waals surface area contributed by atoms with E-state index in [0.29, 0.717) is 16.9 Å². The fourth-order valence-electron chi connectivity index (χ4n) is 1.98. The molecular weight excluding hydrogens is 298 g/mol. The molecule has 2 N–H and O–H groups in total. The van der Waals surface area contributed by atoms with E-state index < -0.39 is 22.1 Å². The van der Waals surface area contributed by atoms with Gasteiger partial charge in [0.15, 0.2) is 6.10 Å². The lowest BCUT2D eigenvalue weighted by Crippen LogP contribution is -2.38. The zero-order chi connectivity index (χ0) is 16.2. The van der Waals surface area contributed by atoms with Crippen LogP contribution in [0.5, 0.6) is 5.75 Å². The first-order chi connectivity index (χ1) is 9.72. The summed E-state index contributed by atoms with van der Waals surface area (Å²) in [6.45, 7) is 2.95. The third-order valence-electron chi connectivity index (χ3n) is 2.96. The molecule has 0 heterocycles. The van der Waals surface area contributed by atoms with Gasteiger partial charge < -0.3 is 14.6 Å². The Morgan fingerprint density at radius 2 is 1.81 bits per heavy atom. The quantitative estimate of drug-likeness (QED) is 0.767. The third kappa shape index (κ3) is 4.16. The monoisotopic (exact) mass is 317 g/mol. The normalized spacial score (nSPS) is 13.0. The second kappa shape index (κ2) is 6.88. The van der Waals surface area contributed by atoms with Gasteiger partial charge in [-0.05, 0) is 37.1 Å². The van der Waals surface area contributed by atoms with Gasteiger partial charge in [0.2, 0.25) is 10.0 Å². The Balaban J connectivity index is 3.06. The van der Waals surface area contributed by atoms with Crippen LogP contribution in [-0.4, -0.2) is 46.4 Å². The highest BCUT2D eigenvalue weighted by molar-refractivity contribution is 7.89. The molecule has 8 heteroatoms. The number of ether oxygens (including phenoxy) is 2. The highest BCUT2D eigenvalue weighted by Crippen LogP contribution is 2.25. The Labute approximate surface area is 123 Å². The zero-order valence-electron chi connectivity index (χ0n) is 12.3. The van der Waals surface area contributed by atoms with Gasteiger partial charge in [0, 0.05) is 13.7 Å². The summed E-state index contributed by atoms with van der Waals surface area (Å²) in [7, 11) is -1.13. The van der Waals surface area contributed by atoms with E-state index >= 15 is 0 Å². The van der Waals surface area contributed by atoms with Crippen LogP contribution in [-0.2, 0) is 19.6 Å². The van der Waals surface area contributed by atoms with Gasteiger partial charge in [-0.15, -0.1) is 0 Å². The number of aryl methyl sites for hydroxylation is 2. The van der Waals surface area contributed by atoms with Crippen LogP contribution in [0.15, 0.2) is 17.0 Å². The SMILES string of the molecule is COc1cc(C)c(S(=O)(=O)NCC(OC)C(=O)O)c(C)c1. The van der Waals surface area contributed by atoms with Crippen molar-refractivity contribution in [2.45, 2.75) is 24.8 Å². The molecule has 0 saturated heterocycles. The summed E-state index contributed by atoms with van der Waals surface area (Å²) in [5.74, 6) is -0.673. The molecule has 1 unspecified atom stereocenters. The maximum absolute atomic E-state index is 12.3. The van der Waals surface area contributed by atoms with Crippen LogP contribution in [0.25, 0.3) is 0 Å². The molecule has 1 aromatic carbocycles. The smallest absolute Gasteiger partial charge is 0.334 e. The maximum Gasteiger partial charge on any atom is 0.334 e. The number of carboxylic acids is 1. The van der Waals surface area contributed by atoms with Gasteiger partial charge in [-0.3, -0.25) is 0 Å². The predicted octanol–water partition coefficient (Wildman–Crippen LogP) is 0.690. The number of aliphatic carboxylic acids is 1. The van der Waals surface area contributed by atoms with Crippen LogP contribution in [0.1, 0.15) is 11.1 Å². The van der Waals surface area contributed by atoms with Crippen molar-refractivity contribution in [1.29, 1.82) is 0 Å². The largest absolute Gasteiger partial charge is 0.497 e. The molecule has 0 aliphatic rings. The summed E-state index contributed by atoms with van der Waals surface area (Å²) in [5, 5.41) is 8.84. The van der Waals surface area contributed by atoms with Gasteiger partial charge in [-0.1, -0.05) is 0 Å². The molecule has 118 valence electrons. The van der Waals surface area contributed by atoms with E-state index in [4.69, 9.17) is 14.6 Å². The highest BCUT2D eigenvalue weighted by atomic mass is 32.2. The molecule has 1 atom stereocenters. The van der Waals surface area contributed by atoms with E-state index in [1.54, 1.807) is 26.0 Å². The highest BCUT2D eigenvalue weighted by Gasteiger charge is 2.24. The summed E-state index contributed by atoms with van der Waals surface area (Å²) in [4.78, 5) is 10.9. The average Bonchev–Trinajstić information content (AvgIpc) is 2.37. The fourth-order valence-corrected chi connectivity index (χ4v) is 3.46. The van der Waals surface area contributed by atoms with Crippen LogP contribution >= 0.6 is 0 Å². The minimum Gasteiger partial charge on any atom is -0.497 e. The minimum absolute atomic E-state index is 0.114. The summed E-state index contributed by atoms with van der Waals surface area (Å²) in [6, 6.07) is 3.21. The molecule has 0 fully saturated rings. The third-order valence-corrected chi connectivity index (χ3v) is 4.69. The van der Waals surface area contributed by atoms with Crippen LogP contribution in [0, 0.1) is 13.8 Å². The van der Waals surface area contributed by atoms with Crippen LogP contribution in [0.3, 0.4) is 0 Å². The van der Waals surface area contributed by atoms with Crippen molar-refractivity contribution in [3.8, 4) is 5.75 Å². The molecule has 1 rings (SSSR count). The van der Waals surface area contributed by atoms with Gasteiger partial charge in [0.1, 0.15) is 5.75 Å². The van der Waals surface area contributed by atoms with Crippen molar-refractivity contribution in [2.75, 3.05) is 20.8 Å². The van der Waals surface area contributed by atoms with Gasteiger partial charge in [0.05, 0.1) is 12.0 Å². The van der Waals surface area contributed by atoms with Crippen molar-refractivity contribution in [2.24, 2.45) is 0 Å². The molecule has 0 aromatic heterocycles. The van der Waals surface area contributed by atoms with Crippen LogP contribution < -0.4 is 9.46 Å². The standard InChI is InChI=1S/C13H19NO6S/c1-8-5-10(19-3)6-9(2)12(8)21(17,18)14-7-11(20-4)13(15)16/h5-6,11,14H,7H2,1-4H3,(H,15,16). The van der Waals surface area contributed by atoms with Crippen LogP contribution in [0.4, 0.5) is 0 Å². The van der Waals surface area contributed by atoms with Crippen molar-refractivity contribution in [1.82, 2.24) is 4.72 Å². The number of sulfonamides is 1. The minimum atomic E-state index is -3.83. The van der Waals surface area contributed by atoms with Crippen molar-refractivity contribution < 1.29 is 27.8 Å². The van der Waals surface area contributed by atoms with Gasteiger partial charge in [-0.2, -0.15) is 0 Å². The first-order valence-corrected chi connectivity index (χ1v) is 7.61. The number of methoxy groups -OCH3 is 2. The molecule has 0 saturated carbocycles. The number of carbonyl (C=O) groups is 1. The van der Waals surface area contributed by atoms with E-state index in [0.717, 1.165) is 0 Å². The Bertz CT molecular complexity index is 603. The summed E-state index contributed by atoms with van der Waals surface area (Å²) < 4.78 is 36.7. The maximum atomic E-state index is 12.3. The summed E-state index contributed by atoms with van der Waals surface area (Å²) in [5.41, 5.74) is 1.03. The Morgan fingerprint density at radius 1 is 1.29 bits per heavy atom. The molecule has 7 nitrogen and oxygen atoms in total. The van der Waals surface area contributed by atoms with Gasteiger partial charge in [0.25, 0.3) is 0 Å². The van der Waals surface area contributed by atoms with Crippen molar-refractivity contribution >= 4 is 16.0 Å². The number of rotatable bonds is 7. The zero-order valence-corrected chi connectivity index (χ0v) is 13.2. The lowest BCUT2D eigenvalue weighted by atomic mass is 10.1. The average molecular weight is 317 g/mol. The van der Waals surface area contributed by atoms with E-state index in [-0.39, 0.29) is 11.4 Å². The molecule has 0 spiro atoms. The lowest BCUT2D eigenvalue weighted by molar-refractivity contribution is -0.147. The lowest BCUT2D eigenvalue weighted by Gasteiger charge is -2.15. The number of hydrogen-bond acceptors (Lipinski definition) is 5. The molecule has 1 aromatic rings. The molecule has 0 amide bonds. The summed E-state index contributed by atoms with van der Waals surface area (Å²) in [6.07, 6.45) is -1.24. The van der Waals surface area contributed by atoms with Crippen molar-refractivity contribution in [3.05, 3.63) is 23.3 Å². The predicted molar refractivity (Wildman–Crippen MR) is 76.1 cm³/mol. The molecule has 0 aliphatic carbocycles. The first-order valence-electron chi connectivity index (χ1n) is 6.13. The Kier molecular flexibility index (Phi) is 5.70. The second-order valence-electron chi connectivity index (χ2n) is 4.50. The van der Waals surface area contributed by atoms with E-state index in [1.807, 2.05) is 0 Å². The number of benzene rings is 1. The number of carboxylic acid groups (broad SMARTS) is 1. The number of hydrogen-bond donors (Lipinski definition) is 2. The van der Waals surface area contributed by atoms with E-state index in [1.165, 1.54) is 14.2 Å². The number of nitrogens with one attached hydrogen (secondary N) is 1. The first kappa shape index (κ1) is 17.4. The van der Waals surface area contributed by atoms with E-state index in [2.05, 4.69) is 4.72 Å². The topological polar surface area (TPSA) is 102 Å². The van der Waals surface area contributed by atoms with Crippen molar-refractivity contribution in [3.63, 3.8) is 0 Å². The van der Waals surface area contributed by atoms with E-state index in [9.17, 15) is 13.2 Å². The molecule has 0 aliphatic heterocycles. The summed E-state index contributed by atoms with van der Waals surface area (Å²) >= 11 is 0. The van der Waals surface area contributed by atoms with Crippen LogP contribution in [0.2, 0.25) is 0 Å². The molecule has 0 radical (unpaired) electrons. The second-order valence-corrected chi connectivity index (χ2v) is 6.21. The Morgan fingerprint density at radius 3 is 2.19 bits per heavy atom. The van der Waals surface area contributed by atoms with Gasteiger partial charge >= 0.3 is 5.97 Å². The molecule has 21 heavy (non-hydrogen) atoms. The fraction of sp³-hybridized carbons (Fsp3) is 0.462. The molecule has 0 bridgehead atoms.